The summed E-state index contributed by atoms with van der Waals surface area (Å²) in [6.07, 6.45) is 0. The average molecular weight is 419 g/mol. The fourth-order valence-corrected chi connectivity index (χ4v) is 5.02. The maximum Gasteiger partial charge on any atom is 0.238 e. The van der Waals surface area contributed by atoms with Crippen LogP contribution < -0.4 is 19.7 Å². The van der Waals surface area contributed by atoms with E-state index in [1.165, 1.54) is 5.56 Å². The molecule has 1 aliphatic rings. The molecule has 0 amide bonds. The first kappa shape index (κ1) is 19.0. The molecule has 9 heteroatoms. The van der Waals surface area contributed by atoms with E-state index in [1.807, 2.05) is 6.07 Å². The van der Waals surface area contributed by atoms with E-state index in [2.05, 4.69) is 22.8 Å². The minimum absolute atomic E-state index is 0.133. The summed E-state index contributed by atoms with van der Waals surface area (Å²) in [7, 11) is -1.99. The van der Waals surface area contributed by atoms with Crippen molar-refractivity contribution < 1.29 is 13.2 Å². The highest BCUT2D eigenvalue weighted by molar-refractivity contribution is 7.89. The van der Waals surface area contributed by atoms with Gasteiger partial charge in [-0.05, 0) is 42.8 Å². The molecule has 1 saturated heterocycles. The van der Waals surface area contributed by atoms with Crippen molar-refractivity contribution in [1.29, 1.82) is 0 Å². The van der Waals surface area contributed by atoms with Gasteiger partial charge in [0.1, 0.15) is 11.3 Å². The highest BCUT2D eigenvalue weighted by Gasteiger charge is 2.22. The lowest BCUT2D eigenvalue weighted by molar-refractivity contribution is 0.419. The molecule has 0 bridgehead atoms. The summed E-state index contributed by atoms with van der Waals surface area (Å²) in [6.45, 7) is 5.45. The van der Waals surface area contributed by atoms with Crippen LogP contribution in [0.4, 0.5) is 10.8 Å². The number of nitrogens with zero attached hydrogens (tertiary/aromatic N) is 3. The van der Waals surface area contributed by atoms with Crippen LogP contribution in [0.25, 0.3) is 10.2 Å². The van der Waals surface area contributed by atoms with Gasteiger partial charge in [-0.3, -0.25) is 0 Å². The third-order valence-electron chi connectivity index (χ3n) is 4.99. The van der Waals surface area contributed by atoms with Crippen LogP contribution in [0, 0.1) is 6.92 Å². The van der Waals surface area contributed by atoms with Crippen LogP contribution in [0.5, 0.6) is 5.75 Å². The van der Waals surface area contributed by atoms with Gasteiger partial charge < -0.3 is 14.5 Å². The SMILES string of the molecule is COc1ccc(C)c2sc(N3CCN(c4ccc(S(N)(=O)=O)cc4)CC3)nc12. The molecule has 0 aliphatic carbocycles. The van der Waals surface area contributed by atoms with E-state index in [4.69, 9.17) is 14.9 Å². The standard InChI is InChI=1S/C19H22N4O3S2/c1-13-3-8-16(26-2)17-18(13)27-19(21-17)23-11-9-22(10-12-23)14-4-6-15(7-5-14)28(20,24)25/h3-8H,9-12H2,1-2H3,(H2,20,24,25). The fraction of sp³-hybridized carbons (Fsp3) is 0.316. The maximum absolute atomic E-state index is 11.4. The highest BCUT2D eigenvalue weighted by atomic mass is 32.2. The van der Waals surface area contributed by atoms with Gasteiger partial charge in [0, 0.05) is 31.9 Å². The molecule has 1 aliphatic heterocycles. The number of ether oxygens (including phenoxy) is 1. The van der Waals surface area contributed by atoms with Crippen molar-refractivity contribution in [2.24, 2.45) is 5.14 Å². The number of hydrogen-bond donors (Lipinski definition) is 1. The number of thiazole rings is 1. The number of sulfonamides is 1. The first-order valence-corrected chi connectivity index (χ1v) is 11.3. The van der Waals surface area contributed by atoms with Crippen LogP contribution in [-0.4, -0.2) is 46.7 Å². The number of hydrogen-bond acceptors (Lipinski definition) is 7. The summed E-state index contributed by atoms with van der Waals surface area (Å²) in [5, 5.41) is 6.17. The Labute approximate surface area is 168 Å². The molecule has 0 spiro atoms. The Hall–Kier alpha value is -2.36. The fourth-order valence-electron chi connectivity index (χ4n) is 3.40. The Morgan fingerprint density at radius 1 is 1.04 bits per heavy atom. The van der Waals surface area contributed by atoms with Crippen LogP contribution in [0.1, 0.15) is 5.56 Å². The van der Waals surface area contributed by atoms with E-state index in [1.54, 1.807) is 42.7 Å². The lowest BCUT2D eigenvalue weighted by Gasteiger charge is -2.36. The predicted octanol–water partition coefficient (Wildman–Crippen LogP) is 2.59. The highest BCUT2D eigenvalue weighted by Crippen LogP contribution is 2.36. The number of methoxy groups -OCH3 is 1. The number of nitrogens with two attached hydrogens (primary N) is 1. The molecule has 4 rings (SSSR count). The topological polar surface area (TPSA) is 88.8 Å². The first-order valence-electron chi connectivity index (χ1n) is 8.94. The zero-order valence-electron chi connectivity index (χ0n) is 15.8. The first-order chi connectivity index (χ1) is 13.4. The van der Waals surface area contributed by atoms with Crippen molar-refractivity contribution in [3.8, 4) is 5.75 Å². The van der Waals surface area contributed by atoms with Gasteiger partial charge in [0.2, 0.25) is 10.0 Å². The lowest BCUT2D eigenvalue weighted by atomic mass is 10.2. The van der Waals surface area contributed by atoms with Crippen molar-refractivity contribution in [2.45, 2.75) is 11.8 Å². The van der Waals surface area contributed by atoms with E-state index in [-0.39, 0.29) is 4.90 Å². The van der Waals surface area contributed by atoms with Crippen molar-refractivity contribution in [3.05, 3.63) is 42.0 Å². The van der Waals surface area contributed by atoms with Crippen molar-refractivity contribution in [1.82, 2.24) is 4.98 Å². The number of primary sulfonamides is 1. The maximum atomic E-state index is 11.4. The van der Waals surface area contributed by atoms with E-state index in [0.717, 1.165) is 53.0 Å². The molecule has 3 aromatic rings. The second kappa shape index (κ2) is 7.23. The van der Waals surface area contributed by atoms with Crippen LogP contribution in [0.15, 0.2) is 41.3 Å². The zero-order chi connectivity index (χ0) is 19.9. The number of aryl methyl sites for hydroxylation is 1. The van der Waals surface area contributed by atoms with Crippen LogP contribution in [0.2, 0.25) is 0 Å². The zero-order valence-corrected chi connectivity index (χ0v) is 17.4. The van der Waals surface area contributed by atoms with Gasteiger partial charge in [-0.15, -0.1) is 0 Å². The lowest BCUT2D eigenvalue weighted by Crippen LogP contribution is -2.46. The van der Waals surface area contributed by atoms with Crippen molar-refractivity contribution in [3.63, 3.8) is 0 Å². The summed E-state index contributed by atoms with van der Waals surface area (Å²) in [6, 6.07) is 10.7. The van der Waals surface area contributed by atoms with Gasteiger partial charge in [0.05, 0.1) is 16.7 Å². The summed E-state index contributed by atoms with van der Waals surface area (Å²) in [4.78, 5) is 9.49. The molecule has 1 fully saturated rings. The Morgan fingerprint density at radius 3 is 2.29 bits per heavy atom. The molecule has 28 heavy (non-hydrogen) atoms. The summed E-state index contributed by atoms with van der Waals surface area (Å²) in [5.41, 5.74) is 3.12. The molecule has 0 saturated carbocycles. The Kier molecular flexibility index (Phi) is 4.90. The Morgan fingerprint density at radius 2 is 1.68 bits per heavy atom. The summed E-state index contributed by atoms with van der Waals surface area (Å²) < 4.78 is 29.4. The Bertz CT molecular complexity index is 1100. The molecule has 1 aromatic heterocycles. The van der Waals surface area contributed by atoms with Crippen LogP contribution in [-0.2, 0) is 10.0 Å². The largest absolute Gasteiger partial charge is 0.494 e. The van der Waals surface area contributed by atoms with Gasteiger partial charge >= 0.3 is 0 Å². The normalized spacial score (nSPS) is 15.2. The molecule has 2 aromatic carbocycles. The summed E-state index contributed by atoms with van der Waals surface area (Å²) in [5.74, 6) is 0.802. The third kappa shape index (κ3) is 3.52. The Balaban J connectivity index is 1.50. The molecule has 148 valence electrons. The number of piperazine rings is 1. The van der Waals surface area contributed by atoms with Gasteiger partial charge in [0.15, 0.2) is 5.13 Å². The monoisotopic (exact) mass is 418 g/mol. The van der Waals surface area contributed by atoms with Gasteiger partial charge in [-0.2, -0.15) is 0 Å². The van der Waals surface area contributed by atoms with Gasteiger partial charge in [-0.1, -0.05) is 17.4 Å². The number of rotatable bonds is 4. The van der Waals surface area contributed by atoms with Gasteiger partial charge in [0.25, 0.3) is 0 Å². The molecular formula is C19H22N4O3S2. The third-order valence-corrected chi connectivity index (χ3v) is 7.17. The molecule has 0 unspecified atom stereocenters. The van der Waals surface area contributed by atoms with Crippen LogP contribution in [0.3, 0.4) is 0 Å². The predicted molar refractivity (Wildman–Crippen MR) is 113 cm³/mol. The van der Waals surface area contributed by atoms with Crippen molar-refractivity contribution in [2.75, 3.05) is 43.1 Å². The minimum Gasteiger partial charge on any atom is -0.494 e. The molecule has 0 atom stereocenters. The number of benzene rings is 2. The number of aromatic nitrogens is 1. The van der Waals surface area contributed by atoms with E-state index >= 15 is 0 Å². The number of fused-ring (bicyclic) bond motifs is 1. The average Bonchev–Trinajstić information content (AvgIpc) is 3.14. The quantitative estimate of drug-likeness (QED) is 0.701. The smallest absolute Gasteiger partial charge is 0.238 e. The molecule has 2 N–H and O–H groups in total. The molecule has 7 nitrogen and oxygen atoms in total. The van der Waals surface area contributed by atoms with Gasteiger partial charge in [-0.25, -0.2) is 18.5 Å². The second-order valence-electron chi connectivity index (χ2n) is 6.77. The van der Waals surface area contributed by atoms with E-state index in [0.29, 0.717) is 0 Å². The van der Waals surface area contributed by atoms with Crippen molar-refractivity contribution >= 4 is 42.4 Å². The number of anilines is 2. The van der Waals surface area contributed by atoms with E-state index in [9.17, 15) is 8.42 Å². The molecule has 2 heterocycles. The second-order valence-corrected chi connectivity index (χ2v) is 9.31. The van der Waals surface area contributed by atoms with E-state index < -0.39 is 10.0 Å². The molecular weight excluding hydrogens is 396 g/mol. The molecule has 0 radical (unpaired) electrons. The van der Waals surface area contributed by atoms with Crippen LogP contribution >= 0.6 is 11.3 Å². The minimum atomic E-state index is -3.66. The summed E-state index contributed by atoms with van der Waals surface area (Å²) >= 11 is 1.70.